The molecule has 2 aromatic rings. The molecule has 0 N–H and O–H groups in total. The van der Waals surface area contributed by atoms with E-state index in [0.717, 1.165) is 35.8 Å². The Balaban J connectivity index is 1.52. The highest BCUT2D eigenvalue weighted by Crippen LogP contribution is 2.33. The normalized spacial score (nSPS) is 19.2. The van der Waals surface area contributed by atoms with Gasteiger partial charge < -0.3 is 9.80 Å². The van der Waals surface area contributed by atoms with E-state index in [4.69, 9.17) is 0 Å². The maximum absolute atomic E-state index is 12.3. The predicted molar refractivity (Wildman–Crippen MR) is 98.9 cm³/mol. The number of piperazine rings is 1. The molecule has 0 spiro atoms. The number of thiazole rings is 1. The van der Waals surface area contributed by atoms with Crippen molar-refractivity contribution in [1.82, 2.24) is 9.88 Å². The molecule has 1 amide bonds. The van der Waals surface area contributed by atoms with Gasteiger partial charge in [0.2, 0.25) is 5.91 Å². The van der Waals surface area contributed by atoms with Crippen molar-refractivity contribution in [3.8, 4) is 0 Å². The number of anilines is 1. The molecule has 0 bridgehead atoms. The third-order valence-corrected chi connectivity index (χ3v) is 7.30. The fourth-order valence-corrected chi connectivity index (χ4v) is 5.32. The van der Waals surface area contributed by atoms with Crippen molar-refractivity contribution in [1.29, 1.82) is 0 Å². The van der Waals surface area contributed by atoms with E-state index in [1.54, 1.807) is 12.1 Å². The maximum atomic E-state index is 12.3. The SMILES string of the molecule is CS(=O)(=O)c1cccc2sc(N3CCN(C(=O)C4CCC4)CC3)nc12. The minimum absolute atomic E-state index is 0.242. The summed E-state index contributed by atoms with van der Waals surface area (Å²) in [6.45, 7) is 2.91. The van der Waals surface area contributed by atoms with Crippen molar-refractivity contribution < 1.29 is 13.2 Å². The summed E-state index contributed by atoms with van der Waals surface area (Å²) in [6.07, 6.45) is 4.45. The van der Waals surface area contributed by atoms with E-state index in [-0.39, 0.29) is 10.8 Å². The number of nitrogens with zero attached hydrogens (tertiary/aromatic N) is 3. The zero-order valence-corrected chi connectivity index (χ0v) is 15.8. The van der Waals surface area contributed by atoms with Gasteiger partial charge in [-0.3, -0.25) is 4.79 Å². The van der Waals surface area contributed by atoms with Crippen LogP contribution in [0.3, 0.4) is 0 Å². The third-order valence-electron chi connectivity index (χ3n) is 5.09. The van der Waals surface area contributed by atoms with E-state index in [0.29, 0.717) is 24.5 Å². The van der Waals surface area contributed by atoms with Crippen LogP contribution in [-0.2, 0) is 14.6 Å². The zero-order chi connectivity index (χ0) is 17.6. The molecule has 0 unspecified atom stereocenters. The lowest BCUT2D eigenvalue weighted by molar-refractivity contribution is -0.138. The molecule has 1 saturated heterocycles. The molecule has 1 aromatic heterocycles. The van der Waals surface area contributed by atoms with Gasteiger partial charge in [-0.1, -0.05) is 23.8 Å². The van der Waals surface area contributed by atoms with Crippen molar-refractivity contribution in [3.05, 3.63) is 18.2 Å². The van der Waals surface area contributed by atoms with E-state index in [9.17, 15) is 13.2 Å². The Morgan fingerprint density at radius 1 is 1.20 bits per heavy atom. The molecule has 1 saturated carbocycles. The molecule has 0 atom stereocenters. The summed E-state index contributed by atoms with van der Waals surface area (Å²) in [7, 11) is -3.30. The molecule has 0 radical (unpaired) electrons. The molecule has 6 nitrogen and oxygen atoms in total. The summed E-state index contributed by atoms with van der Waals surface area (Å²) < 4.78 is 24.8. The molecular weight excluding hydrogens is 358 g/mol. The highest BCUT2D eigenvalue weighted by Gasteiger charge is 2.31. The molecule has 2 fully saturated rings. The van der Waals surface area contributed by atoms with E-state index in [1.165, 1.54) is 24.0 Å². The summed E-state index contributed by atoms with van der Waals surface area (Å²) in [4.78, 5) is 21.3. The Morgan fingerprint density at radius 2 is 1.92 bits per heavy atom. The molecule has 1 aromatic carbocycles. The van der Waals surface area contributed by atoms with E-state index in [2.05, 4.69) is 9.88 Å². The van der Waals surface area contributed by atoms with Gasteiger partial charge in [-0.05, 0) is 25.0 Å². The number of carbonyl (C=O) groups excluding carboxylic acids is 1. The van der Waals surface area contributed by atoms with Crippen LogP contribution < -0.4 is 4.90 Å². The Bertz CT molecular complexity index is 910. The van der Waals surface area contributed by atoms with Crippen LogP contribution >= 0.6 is 11.3 Å². The molecule has 25 heavy (non-hydrogen) atoms. The number of hydrogen-bond donors (Lipinski definition) is 0. The predicted octanol–water partition coefficient (Wildman–Crippen LogP) is 2.15. The number of amides is 1. The van der Waals surface area contributed by atoms with Gasteiger partial charge in [0, 0.05) is 38.4 Å². The van der Waals surface area contributed by atoms with Crippen LogP contribution in [0.15, 0.2) is 23.1 Å². The molecule has 1 aliphatic carbocycles. The maximum Gasteiger partial charge on any atom is 0.225 e. The van der Waals surface area contributed by atoms with Gasteiger partial charge in [0.1, 0.15) is 5.52 Å². The lowest BCUT2D eigenvalue weighted by Gasteiger charge is -2.38. The fraction of sp³-hybridized carbons (Fsp3) is 0.529. The second-order valence-electron chi connectivity index (χ2n) is 6.81. The summed E-state index contributed by atoms with van der Waals surface area (Å²) in [5, 5.41) is 0.835. The van der Waals surface area contributed by atoms with Gasteiger partial charge in [0.25, 0.3) is 0 Å². The smallest absolute Gasteiger partial charge is 0.225 e. The van der Waals surface area contributed by atoms with Crippen molar-refractivity contribution in [2.24, 2.45) is 5.92 Å². The van der Waals surface area contributed by atoms with Crippen LogP contribution in [0.2, 0.25) is 0 Å². The molecule has 2 aliphatic rings. The Hall–Kier alpha value is -1.67. The Kier molecular flexibility index (Phi) is 4.19. The van der Waals surface area contributed by atoms with Crippen molar-refractivity contribution >= 4 is 42.4 Å². The monoisotopic (exact) mass is 379 g/mol. The highest BCUT2D eigenvalue weighted by molar-refractivity contribution is 7.91. The van der Waals surface area contributed by atoms with Gasteiger partial charge in [-0.2, -0.15) is 0 Å². The Labute approximate surface area is 151 Å². The standard InChI is InChI=1S/C17H21N3O3S2/c1-25(22,23)14-7-3-6-13-15(14)18-17(24-13)20-10-8-19(9-11-20)16(21)12-4-2-5-12/h3,6-7,12H,2,4-5,8-11H2,1H3. The number of rotatable bonds is 3. The first-order valence-electron chi connectivity index (χ1n) is 8.57. The first kappa shape index (κ1) is 16.8. The van der Waals surface area contributed by atoms with Gasteiger partial charge in [-0.15, -0.1) is 0 Å². The lowest BCUT2D eigenvalue weighted by atomic mass is 9.84. The summed E-state index contributed by atoms with van der Waals surface area (Å²) in [5.74, 6) is 0.542. The van der Waals surface area contributed by atoms with Crippen molar-refractivity contribution in [3.63, 3.8) is 0 Å². The number of aromatic nitrogens is 1. The van der Waals surface area contributed by atoms with Crippen LogP contribution in [0.4, 0.5) is 5.13 Å². The molecule has 134 valence electrons. The number of sulfone groups is 1. The molecular formula is C17H21N3O3S2. The van der Waals surface area contributed by atoms with E-state index < -0.39 is 9.84 Å². The van der Waals surface area contributed by atoms with Crippen LogP contribution in [0.5, 0.6) is 0 Å². The van der Waals surface area contributed by atoms with Crippen molar-refractivity contribution in [2.75, 3.05) is 37.3 Å². The number of fused-ring (bicyclic) bond motifs is 1. The van der Waals surface area contributed by atoms with Gasteiger partial charge >= 0.3 is 0 Å². The quantitative estimate of drug-likeness (QED) is 0.817. The average Bonchev–Trinajstić information content (AvgIpc) is 2.96. The largest absolute Gasteiger partial charge is 0.345 e. The number of hydrogen-bond acceptors (Lipinski definition) is 6. The first-order chi connectivity index (χ1) is 11.9. The van der Waals surface area contributed by atoms with Gasteiger partial charge in [0.05, 0.1) is 9.60 Å². The van der Waals surface area contributed by atoms with E-state index in [1.807, 2.05) is 11.0 Å². The number of para-hydroxylation sites is 1. The first-order valence-corrected chi connectivity index (χ1v) is 11.3. The van der Waals surface area contributed by atoms with Crippen molar-refractivity contribution in [2.45, 2.75) is 24.2 Å². The number of carbonyl (C=O) groups is 1. The van der Waals surface area contributed by atoms with Crippen LogP contribution in [0.1, 0.15) is 19.3 Å². The summed E-state index contributed by atoms with van der Waals surface area (Å²) in [5.41, 5.74) is 0.554. The molecule has 1 aliphatic heterocycles. The van der Waals surface area contributed by atoms with Crippen LogP contribution in [0.25, 0.3) is 10.2 Å². The molecule has 4 rings (SSSR count). The third kappa shape index (κ3) is 3.13. The van der Waals surface area contributed by atoms with Crippen LogP contribution in [0, 0.1) is 5.92 Å². The second-order valence-corrected chi connectivity index (χ2v) is 9.80. The summed E-state index contributed by atoms with van der Waals surface area (Å²) >= 11 is 1.51. The van der Waals surface area contributed by atoms with Crippen LogP contribution in [-0.4, -0.2) is 56.6 Å². The molecule has 2 heterocycles. The zero-order valence-electron chi connectivity index (χ0n) is 14.1. The summed E-state index contributed by atoms with van der Waals surface area (Å²) in [6, 6.07) is 5.27. The topological polar surface area (TPSA) is 70.6 Å². The lowest BCUT2D eigenvalue weighted by Crippen LogP contribution is -2.51. The van der Waals surface area contributed by atoms with Gasteiger partial charge in [0.15, 0.2) is 15.0 Å². The minimum Gasteiger partial charge on any atom is -0.345 e. The number of benzene rings is 1. The Morgan fingerprint density at radius 3 is 2.52 bits per heavy atom. The second kappa shape index (κ2) is 6.25. The fourth-order valence-electron chi connectivity index (χ4n) is 3.38. The van der Waals surface area contributed by atoms with Gasteiger partial charge in [-0.25, -0.2) is 13.4 Å². The van der Waals surface area contributed by atoms with E-state index >= 15 is 0 Å². The molecule has 8 heteroatoms. The highest BCUT2D eigenvalue weighted by atomic mass is 32.2. The average molecular weight is 380 g/mol. The minimum atomic E-state index is -3.30.